The number of hydrogen-bond donors (Lipinski definition) is 1. The minimum absolute atomic E-state index is 0.0997. The summed E-state index contributed by atoms with van der Waals surface area (Å²) in [6, 6.07) is 8.91. The Morgan fingerprint density at radius 2 is 1.80 bits per heavy atom. The monoisotopic (exact) mass is 548 g/mol. The van der Waals surface area contributed by atoms with Crippen molar-refractivity contribution in [2.75, 3.05) is 13.2 Å². The van der Waals surface area contributed by atoms with Crippen LogP contribution in [0.2, 0.25) is 0 Å². The second kappa shape index (κ2) is 10.9. The van der Waals surface area contributed by atoms with Gasteiger partial charge in [-0.25, -0.2) is 9.78 Å². The van der Waals surface area contributed by atoms with Gasteiger partial charge >= 0.3 is 5.97 Å². The molecule has 3 heterocycles. The van der Waals surface area contributed by atoms with Gasteiger partial charge in [-0.15, -0.1) is 0 Å². The molecule has 2 saturated heterocycles. The Bertz CT molecular complexity index is 1340. The number of aliphatic carboxylic acids is 1. The van der Waals surface area contributed by atoms with Crippen molar-refractivity contribution in [2.24, 2.45) is 28.3 Å². The van der Waals surface area contributed by atoms with Gasteiger partial charge in [0.05, 0.1) is 11.0 Å². The van der Waals surface area contributed by atoms with Gasteiger partial charge < -0.3 is 14.5 Å². The first-order chi connectivity index (χ1) is 19.2. The van der Waals surface area contributed by atoms with Crippen LogP contribution in [0.3, 0.4) is 0 Å². The van der Waals surface area contributed by atoms with Gasteiger partial charge in [0, 0.05) is 18.1 Å². The molecule has 8 heteroatoms. The summed E-state index contributed by atoms with van der Waals surface area (Å²) in [4.78, 5) is 37.2. The van der Waals surface area contributed by atoms with Crippen LogP contribution in [-0.4, -0.2) is 56.5 Å². The average molecular weight is 549 g/mol. The predicted molar refractivity (Wildman–Crippen MR) is 156 cm³/mol. The number of piperidine rings is 2. The molecule has 8 nitrogen and oxygen atoms in total. The first-order valence-electron chi connectivity index (χ1n) is 15.4. The third-order valence-electron chi connectivity index (χ3n) is 11.0. The zero-order valence-electron chi connectivity index (χ0n) is 24.2. The Balaban J connectivity index is 1.24. The fourth-order valence-electron chi connectivity index (χ4n) is 9.07. The van der Waals surface area contributed by atoms with Crippen molar-refractivity contribution < 1.29 is 14.7 Å². The molecule has 2 aliphatic heterocycles. The number of rotatable bonds is 8. The van der Waals surface area contributed by atoms with Crippen molar-refractivity contribution in [1.29, 1.82) is 0 Å². The summed E-state index contributed by atoms with van der Waals surface area (Å²) < 4.78 is 1.96. The number of benzene rings is 1. The first-order valence-corrected chi connectivity index (χ1v) is 15.4. The van der Waals surface area contributed by atoms with Gasteiger partial charge in [-0.05, 0) is 107 Å². The molecule has 4 fully saturated rings. The number of oxime groups is 1. The van der Waals surface area contributed by atoms with Crippen LogP contribution in [0.1, 0.15) is 96.7 Å². The highest BCUT2D eigenvalue weighted by atomic mass is 16.6. The Morgan fingerprint density at radius 1 is 1.07 bits per heavy atom. The van der Waals surface area contributed by atoms with Crippen LogP contribution in [-0.2, 0) is 9.63 Å². The number of fused-ring (bicyclic) bond motifs is 5. The second-order valence-electron chi connectivity index (χ2n) is 13.4. The molecule has 2 aliphatic carbocycles. The molecule has 0 spiro atoms. The lowest BCUT2D eigenvalue weighted by atomic mass is 9.62. The molecule has 6 rings (SSSR count). The molecule has 2 saturated carbocycles. The molecule has 0 radical (unpaired) electrons. The molecule has 2 aromatic rings. The van der Waals surface area contributed by atoms with Gasteiger partial charge in [-0.2, -0.15) is 0 Å². The van der Waals surface area contributed by atoms with Gasteiger partial charge in [-0.1, -0.05) is 37.6 Å². The number of carboxylic acids is 1. The van der Waals surface area contributed by atoms with Crippen molar-refractivity contribution in [1.82, 2.24) is 14.5 Å². The molecule has 5 atom stereocenters. The number of para-hydroxylation sites is 2. The van der Waals surface area contributed by atoms with Crippen LogP contribution >= 0.6 is 0 Å². The maximum Gasteiger partial charge on any atom is 0.344 e. The highest BCUT2D eigenvalue weighted by Gasteiger charge is 2.49. The summed E-state index contributed by atoms with van der Waals surface area (Å²) in [5.41, 5.74) is 2.46. The van der Waals surface area contributed by atoms with Crippen molar-refractivity contribution >= 4 is 22.7 Å². The molecule has 216 valence electrons. The van der Waals surface area contributed by atoms with E-state index in [1.54, 1.807) is 6.92 Å². The molecule has 1 N–H and O–H groups in total. The normalized spacial score (nSPS) is 31.8. The number of carboxylic acid groups (broad SMARTS) is 1. The molecule has 40 heavy (non-hydrogen) atoms. The van der Waals surface area contributed by atoms with Gasteiger partial charge in [0.1, 0.15) is 5.71 Å². The van der Waals surface area contributed by atoms with Gasteiger partial charge in [-0.3, -0.25) is 9.69 Å². The van der Waals surface area contributed by atoms with Crippen LogP contribution in [0.5, 0.6) is 0 Å². The standard InChI is InChI=1S/C32H44N4O4/c1-20(34-40-19-29(37)38)30-31(39)36(28-10-5-4-9-27(28)33-30)25-17-23-7-6-8-24(18-25)35(23)16-15-21-11-12-22-13-14-26(21)32(22,2)3/h4-5,9-10,21-26H,6-8,11-19H2,1-3H3,(H,37,38)/b34-20+. The number of aromatic nitrogens is 2. The zero-order valence-corrected chi connectivity index (χ0v) is 24.2. The highest BCUT2D eigenvalue weighted by molar-refractivity contribution is 5.97. The Hall–Kier alpha value is -2.74. The lowest BCUT2D eigenvalue weighted by molar-refractivity contribution is -0.142. The summed E-state index contributed by atoms with van der Waals surface area (Å²) in [5, 5.41) is 12.8. The summed E-state index contributed by atoms with van der Waals surface area (Å²) in [6.45, 7) is 7.34. The molecular weight excluding hydrogens is 504 g/mol. The van der Waals surface area contributed by atoms with E-state index in [1.165, 1.54) is 57.9 Å². The van der Waals surface area contributed by atoms with Crippen LogP contribution in [0, 0.1) is 23.2 Å². The van der Waals surface area contributed by atoms with E-state index < -0.39 is 12.6 Å². The van der Waals surface area contributed by atoms with E-state index in [0.29, 0.717) is 23.2 Å². The van der Waals surface area contributed by atoms with Gasteiger partial charge in [0.2, 0.25) is 6.61 Å². The predicted octanol–water partition coefficient (Wildman–Crippen LogP) is 5.63. The van der Waals surface area contributed by atoms with Crippen molar-refractivity contribution in [3.8, 4) is 0 Å². The maximum atomic E-state index is 13.9. The van der Waals surface area contributed by atoms with E-state index in [1.807, 2.05) is 28.8 Å². The summed E-state index contributed by atoms with van der Waals surface area (Å²) >= 11 is 0. The van der Waals surface area contributed by atoms with E-state index >= 15 is 0 Å². The van der Waals surface area contributed by atoms with E-state index in [-0.39, 0.29) is 17.3 Å². The Labute approximate surface area is 236 Å². The molecule has 1 aromatic carbocycles. The average Bonchev–Trinajstić information content (AvgIpc) is 3.06. The number of hydrogen-bond acceptors (Lipinski definition) is 6. The molecule has 1 aromatic heterocycles. The minimum atomic E-state index is -1.11. The summed E-state index contributed by atoms with van der Waals surface area (Å²) in [7, 11) is 0. The van der Waals surface area contributed by atoms with E-state index in [9.17, 15) is 9.59 Å². The molecule has 4 aliphatic rings. The highest BCUT2D eigenvalue weighted by Crippen LogP contribution is 2.58. The van der Waals surface area contributed by atoms with E-state index in [0.717, 1.165) is 41.6 Å². The van der Waals surface area contributed by atoms with Crippen LogP contribution in [0.4, 0.5) is 0 Å². The third kappa shape index (κ3) is 4.97. The molecule has 4 bridgehead atoms. The first kappa shape index (κ1) is 27.4. The molecular formula is C32H44N4O4. The fourth-order valence-corrected chi connectivity index (χ4v) is 9.07. The largest absolute Gasteiger partial charge is 0.479 e. The third-order valence-corrected chi connectivity index (χ3v) is 11.0. The smallest absolute Gasteiger partial charge is 0.344 e. The Kier molecular flexibility index (Phi) is 7.49. The second-order valence-corrected chi connectivity index (χ2v) is 13.4. The van der Waals surface area contributed by atoms with Crippen LogP contribution in [0.15, 0.2) is 34.2 Å². The zero-order chi connectivity index (χ0) is 28.0. The minimum Gasteiger partial charge on any atom is -0.479 e. The van der Waals surface area contributed by atoms with E-state index in [4.69, 9.17) is 9.94 Å². The van der Waals surface area contributed by atoms with Gasteiger partial charge in [0.15, 0.2) is 5.69 Å². The molecule has 0 amide bonds. The number of nitrogens with zero attached hydrogens (tertiary/aromatic N) is 4. The SMILES string of the molecule is C/C(=N\OCC(=O)O)c1nc2ccccc2n(C2CC3CCCC(C2)N3CCC2CCC3CCC2C3(C)C)c1=O. The lowest BCUT2D eigenvalue weighted by Gasteiger charge is -2.50. The topological polar surface area (TPSA) is 97.0 Å². The molecule has 5 unspecified atom stereocenters. The fraction of sp³-hybridized carbons (Fsp3) is 0.688. The number of carbonyl (C=O) groups is 1. The lowest BCUT2D eigenvalue weighted by Crippen LogP contribution is -2.54. The van der Waals surface area contributed by atoms with E-state index in [2.05, 4.69) is 28.9 Å². The van der Waals surface area contributed by atoms with Crippen LogP contribution < -0.4 is 5.56 Å². The van der Waals surface area contributed by atoms with Crippen molar-refractivity contribution in [2.45, 2.75) is 103 Å². The van der Waals surface area contributed by atoms with Crippen molar-refractivity contribution in [3.63, 3.8) is 0 Å². The Morgan fingerprint density at radius 3 is 2.55 bits per heavy atom. The van der Waals surface area contributed by atoms with Gasteiger partial charge in [0.25, 0.3) is 5.56 Å². The quantitative estimate of drug-likeness (QED) is 0.339. The summed E-state index contributed by atoms with van der Waals surface area (Å²) in [6.07, 6.45) is 12.6. The van der Waals surface area contributed by atoms with Crippen molar-refractivity contribution in [3.05, 3.63) is 40.3 Å². The van der Waals surface area contributed by atoms with Crippen LogP contribution in [0.25, 0.3) is 11.0 Å². The maximum absolute atomic E-state index is 13.9. The summed E-state index contributed by atoms with van der Waals surface area (Å²) in [5.74, 6) is 1.55.